The quantitative estimate of drug-likeness (QED) is 0.868. The maximum Gasteiger partial charge on any atom is 0.271 e. The van der Waals surface area contributed by atoms with Crippen molar-refractivity contribution in [3.63, 3.8) is 0 Å². The Balaban J connectivity index is 2.14. The number of hydrogen-bond donors (Lipinski definition) is 2. The predicted molar refractivity (Wildman–Crippen MR) is 80.3 cm³/mol. The van der Waals surface area contributed by atoms with Crippen LogP contribution in [0.1, 0.15) is 29.0 Å². The van der Waals surface area contributed by atoms with Gasteiger partial charge in [0.25, 0.3) is 11.5 Å². The SMILES string of the molecule is COc1ccc(C(C)NC(=O)c2c[nH]c(=O)cn2)cc1OC. The first-order chi connectivity index (χ1) is 10.5. The van der Waals surface area contributed by atoms with Gasteiger partial charge in [-0.25, -0.2) is 4.98 Å². The van der Waals surface area contributed by atoms with Gasteiger partial charge in [-0.2, -0.15) is 0 Å². The van der Waals surface area contributed by atoms with Crippen LogP contribution < -0.4 is 20.3 Å². The third kappa shape index (κ3) is 3.43. The molecule has 0 bridgehead atoms. The number of rotatable bonds is 5. The molecule has 2 N–H and O–H groups in total. The number of hydrogen-bond acceptors (Lipinski definition) is 5. The summed E-state index contributed by atoms with van der Waals surface area (Å²) in [5, 5.41) is 2.80. The van der Waals surface area contributed by atoms with Crippen molar-refractivity contribution in [3.8, 4) is 11.5 Å². The zero-order valence-corrected chi connectivity index (χ0v) is 12.5. The second-order valence-electron chi connectivity index (χ2n) is 4.61. The summed E-state index contributed by atoms with van der Waals surface area (Å²) in [7, 11) is 3.11. The average Bonchev–Trinajstić information content (AvgIpc) is 2.54. The van der Waals surface area contributed by atoms with E-state index in [9.17, 15) is 9.59 Å². The molecule has 1 unspecified atom stereocenters. The fourth-order valence-electron chi connectivity index (χ4n) is 1.94. The maximum absolute atomic E-state index is 12.1. The highest BCUT2D eigenvalue weighted by molar-refractivity contribution is 5.92. The van der Waals surface area contributed by atoms with Gasteiger partial charge in [-0.05, 0) is 24.6 Å². The molecule has 22 heavy (non-hydrogen) atoms. The predicted octanol–water partition coefficient (Wildman–Crippen LogP) is 1.28. The molecule has 0 spiro atoms. The smallest absolute Gasteiger partial charge is 0.271 e. The lowest BCUT2D eigenvalue weighted by Gasteiger charge is -2.16. The maximum atomic E-state index is 12.1. The van der Waals surface area contributed by atoms with Gasteiger partial charge in [0, 0.05) is 6.20 Å². The summed E-state index contributed by atoms with van der Waals surface area (Å²) < 4.78 is 10.4. The summed E-state index contributed by atoms with van der Waals surface area (Å²) in [6.45, 7) is 1.84. The van der Waals surface area contributed by atoms with Gasteiger partial charge in [-0.3, -0.25) is 9.59 Å². The van der Waals surface area contributed by atoms with Crippen LogP contribution in [0.25, 0.3) is 0 Å². The number of H-pyrrole nitrogens is 1. The summed E-state index contributed by atoms with van der Waals surface area (Å²) in [6, 6.07) is 5.15. The number of nitrogens with one attached hydrogen (secondary N) is 2. The van der Waals surface area contributed by atoms with Crippen LogP contribution in [0.3, 0.4) is 0 Å². The number of aromatic nitrogens is 2. The number of amides is 1. The Morgan fingerprint density at radius 2 is 2.00 bits per heavy atom. The van der Waals surface area contributed by atoms with E-state index in [0.29, 0.717) is 11.5 Å². The van der Waals surface area contributed by atoms with Gasteiger partial charge in [0.1, 0.15) is 5.69 Å². The van der Waals surface area contributed by atoms with Crippen molar-refractivity contribution in [3.05, 3.63) is 52.2 Å². The summed E-state index contributed by atoms with van der Waals surface area (Å²) in [6.07, 6.45) is 2.34. The van der Waals surface area contributed by atoms with Gasteiger partial charge in [-0.15, -0.1) is 0 Å². The molecule has 1 aromatic heterocycles. The molecule has 0 saturated heterocycles. The van der Waals surface area contributed by atoms with Gasteiger partial charge in [0.2, 0.25) is 0 Å². The Labute approximate surface area is 127 Å². The molecule has 0 aliphatic heterocycles. The van der Waals surface area contributed by atoms with E-state index >= 15 is 0 Å². The molecule has 2 aromatic rings. The molecule has 1 aromatic carbocycles. The van der Waals surface area contributed by atoms with Crippen molar-refractivity contribution in [1.29, 1.82) is 0 Å². The van der Waals surface area contributed by atoms with Crippen LogP contribution in [-0.2, 0) is 0 Å². The van der Waals surface area contributed by atoms with E-state index in [1.807, 2.05) is 13.0 Å². The zero-order valence-electron chi connectivity index (χ0n) is 12.5. The number of methoxy groups -OCH3 is 2. The topological polar surface area (TPSA) is 93.3 Å². The van der Waals surface area contributed by atoms with Crippen LogP contribution in [0.2, 0.25) is 0 Å². The molecule has 0 saturated carbocycles. The molecule has 7 nitrogen and oxygen atoms in total. The minimum atomic E-state index is -0.376. The minimum Gasteiger partial charge on any atom is -0.493 e. The molecule has 1 atom stereocenters. The zero-order chi connectivity index (χ0) is 16.1. The Kier molecular flexibility index (Phi) is 4.77. The van der Waals surface area contributed by atoms with E-state index in [-0.39, 0.29) is 23.2 Å². The van der Waals surface area contributed by atoms with Crippen molar-refractivity contribution in [2.75, 3.05) is 14.2 Å². The third-order valence-corrected chi connectivity index (χ3v) is 3.16. The van der Waals surface area contributed by atoms with Crippen LogP contribution in [0.15, 0.2) is 35.4 Å². The van der Waals surface area contributed by atoms with Crippen molar-refractivity contribution in [2.45, 2.75) is 13.0 Å². The molecule has 0 fully saturated rings. The molecule has 116 valence electrons. The van der Waals surface area contributed by atoms with Gasteiger partial charge in [0.15, 0.2) is 11.5 Å². The van der Waals surface area contributed by atoms with Crippen LogP contribution in [0.5, 0.6) is 11.5 Å². The molecular weight excluding hydrogens is 286 g/mol. The highest BCUT2D eigenvalue weighted by Crippen LogP contribution is 2.29. The first-order valence-corrected chi connectivity index (χ1v) is 6.62. The highest BCUT2D eigenvalue weighted by Gasteiger charge is 2.14. The van der Waals surface area contributed by atoms with Gasteiger partial charge < -0.3 is 19.8 Å². The second-order valence-corrected chi connectivity index (χ2v) is 4.61. The van der Waals surface area contributed by atoms with E-state index < -0.39 is 0 Å². The lowest BCUT2D eigenvalue weighted by atomic mass is 10.1. The fourth-order valence-corrected chi connectivity index (χ4v) is 1.94. The third-order valence-electron chi connectivity index (χ3n) is 3.16. The fraction of sp³-hybridized carbons (Fsp3) is 0.267. The lowest BCUT2D eigenvalue weighted by Crippen LogP contribution is -2.28. The number of nitrogens with zero attached hydrogens (tertiary/aromatic N) is 1. The Morgan fingerprint density at radius 3 is 2.59 bits per heavy atom. The van der Waals surface area contributed by atoms with E-state index in [1.165, 1.54) is 6.20 Å². The van der Waals surface area contributed by atoms with Crippen LogP contribution in [-0.4, -0.2) is 30.1 Å². The van der Waals surface area contributed by atoms with Gasteiger partial charge in [-0.1, -0.05) is 6.07 Å². The minimum absolute atomic E-state index is 0.145. The normalized spacial score (nSPS) is 11.6. The van der Waals surface area contributed by atoms with Crippen molar-refractivity contribution in [2.24, 2.45) is 0 Å². The van der Waals surface area contributed by atoms with E-state index in [2.05, 4.69) is 15.3 Å². The van der Waals surface area contributed by atoms with Crippen molar-refractivity contribution >= 4 is 5.91 Å². The summed E-state index contributed by atoms with van der Waals surface area (Å²) in [4.78, 5) is 29.2. The van der Waals surface area contributed by atoms with Crippen LogP contribution >= 0.6 is 0 Å². The molecule has 7 heteroatoms. The molecule has 1 amide bonds. The van der Waals surface area contributed by atoms with Crippen molar-refractivity contribution in [1.82, 2.24) is 15.3 Å². The monoisotopic (exact) mass is 303 g/mol. The number of benzene rings is 1. The van der Waals surface area contributed by atoms with E-state index in [4.69, 9.17) is 9.47 Å². The van der Waals surface area contributed by atoms with Crippen molar-refractivity contribution < 1.29 is 14.3 Å². The van der Waals surface area contributed by atoms with E-state index in [0.717, 1.165) is 11.8 Å². The summed E-state index contributed by atoms with van der Waals surface area (Å²) >= 11 is 0. The van der Waals surface area contributed by atoms with Gasteiger partial charge in [0.05, 0.1) is 26.5 Å². The molecular formula is C15H17N3O4. The van der Waals surface area contributed by atoms with Crippen LogP contribution in [0.4, 0.5) is 0 Å². The Morgan fingerprint density at radius 1 is 1.27 bits per heavy atom. The largest absolute Gasteiger partial charge is 0.493 e. The second kappa shape index (κ2) is 6.75. The van der Waals surface area contributed by atoms with Crippen LogP contribution in [0, 0.1) is 0 Å². The van der Waals surface area contributed by atoms with Gasteiger partial charge >= 0.3 is 0 Å². The molecule has 1 heterocycles. The molecule has 2 rings (SSSR count). The summed E-state index contributed by atoms with van der Waals surface area (Å²) in [5.41, 5.74) is 0.645. The number of ether oxygens (including phenoxy) is 2. The number of carbonyl (C=O) groups excluding carboxylic acids is 1. The number of aromatic amines is 1. The summed E-state index contributed by atoms with van der Waals surface area (Å²) in [5.74, 6) is 0.828. The standard InChI is InChI=1S/C15H17N3O4/c1-9(10-4-5-12(21-2)13(6-10)22-3)18-15(20)11-7-17-14(19)8-16-11/h4-9H,1-3H3,(H,17,19)(H,18,20). The Hall–Kier alpha value is -2.83. The number of carbonyl (C=O) groups is 1. The lowest BCUT2D eigenvalue weighted by molar-refractivity contribution is 0.0934. The average molecular weight is 303 g/mol. The molecule has 0 aliphatic rings. The Bertz CT molecular complexity index is 706. The first-order valence-electron chi connectivity index (χ1n) is 6.62. The first kappa shape index (κ1) is 15.6. The highest BCUT2D eigenvalue weighted by atomic mass is 16.5. The van der Waals surface area contributed by atoms with E-state index in [1.54, 1.807) is 26.4 Å². The molecule has 0 aliphatic carbocycles. The molecule has 0 radical (unpaired) electrons.